The number of nitrogens with zero attached hydrogens (tertiary/aromatic N) is 1. The van der Waals surface area contributed by atoms with Gasteiger partial charge in [0.2, 0.25) is 0 Å². The highest BCUT2D eigenvalue weighted by atomic mass is 32.1. The molecule has 2 rings (SSSR count). The van der Waals surface area contributed by atoms with E-state index in [9.17, 15) is 4.39 Å². The average Bonchev–Trinajstić information content (AvgIpc) is 2.42. The average molecular weight is 282 g/mol. The van der Waals surface area contributed by atoms with Crippen LogP contribution in [0.2, 0.25) is 0 Å². The van der Waals surface area contributed by atoms with Crippen LogP contribution in [0.3, 0.4) is 0 Å². The van der Waals surface area contributed by atoms with E-state index in [1.165, 1.54) is 6.07 Å². The lowest BCUT2D eigenvalue weighted by atomic mass is 10.1. The molecule has 1 heterocycles. The summed E-state index contributed by atoms with van der Waals surface area (Å²) in [5.41, 5.74) is 6.96. The van der Waals surface area contributed by atoms with Crippen molar-refractivity contribution >= 4 is 17.2 Å². The molecule has 1 aromatic carbocycles. The number of likely N-dealkylation sites (tertiary alicyclic amines) is 1. The third kappa shape index (κ3) is 3.72. The van der Waals surface area contributed by atoms with Crippen molar-refractivity contribution in [1.29, 1.82) is 0 Å². The van der Waals surface area contributed by atoms with Crippen molar-refractivity contribution in [2.45, 2.75) is 25.5 Å². The summed E-state index contributed by atoms with van der Waals surface area (Å²) in [7, 11) is 1.74. The normalized spacial score (nSPS) is 17.6. The summed E-state index contributed by atoms with van der Waals surface area (Å²) in [5, 5.41) is 0. The summed E-state index contributed by atoms with van der Waals surface area (Å²) in [6.45, 7) is 2.45. The predicted molar refractivity (Wildman–Crippen MR) is 77.6 cm³/mol. The van der Waals surface area contributed by atoms with Crippen LogP contribution in [0.5, 0.6) is 0 Å². The van der Waals surface area contributed by atoms with Crippen LogP contribution < -0.4 is 5.73 Å². The standard InChI is InChI=1S/C14H19FN2OS/c1-18-12-4-6-17(7-5-12)9-11-8-10(14(16)19)2-3-13(11)15/h2-3,8,12H,4-7,9H2,1H3,(H2,16,19). The van der Waals surface area contributed by atoms with Gasteiger partial charge in [-0.1, -0.05) is 12.2 Å². The Bertz CT molecular complexity index is 459. The maximum Gasteiger partial charge on any atom is 0.127 e. The molecular formula is C14H19FN2OS. The molecule has 1 saturated heterocycles. The van der Waals surface area contributed by atoms with E-state index in [2.05, 4.69) is 4.90 Å². The third-order valence-corrected chi connectivity index (χ3v) is 3.83. The van der Waals surface area contributed by atoms with Gasteiger partial charge in [-0.15, -0.1) is 0 Å². The minimum absolute atomic E-state index is 0.200. The van der Waals surface area contributed by atoms with Crippen LogP contribution in [0.4, 0.5) is 4.39 Å². The number of rotatable bonds is 4. The molecule has 0 saturated carbocycles. The monoisotopic (exact) mass is 282 g/mol. The molecule has 2 N–H and O–H groups in total. The number of ether oxygens (including phenoxy) is 1. The fourth-order valence-electron chi connectivity index (χ4n) is 2.39. The second-order valence-corrected chi connectivity index (χ2v) is 5.32. The van der Waals surface area contributed by atoms with Crippen LogP contribution in [0, 0.1) is 5.82 Å². The maximum absolute atomic E-state index is 13.8. The van der Waals surface area contributed by atoms with E-state index in [1.54, 1.807) is 19.2 Å². The highest BCUT2D eigenvalue weighted by Crippen LogP contribution is 2.18. The molecule has 0 aromatic heterocycles. The van der Waals surface area contributed by atoms with Crippen LogP contribution in [0.1, 0.15) is 24.0 Å². The molecule has 104 valence electrons. The quantitative estimate of drug-likeness (QED) is 0.858. The van der Waals surface area contributed by atoms with E-state index < -0.39 is 0 Å². The summed E-state index contributed by atoms with van der Waals surface area (Å²) in [6.07, 6.45) is 2.32. The first-order valence-electron chi connectivity index (χ1n) is 6.43. The fourth-order valence-corrected chi connectivity index (χ4v) is 2.52. The number of hydrogen-bond donors (Lipinski definition) is 1. The largest absolute Gasteiger partial charge is 0.389 e. The zero-order chi connectivity index (χ0) is 13.8. The number of thiocarbonyl (C=S) groups is 1. The third-order valence-electron chi connectivity index (χ3n) is 3.59. The SMILES string of the molecule is COC1CCN(Cc2cc(C(N)=S)ccc2F)CC1. The van der Waals surface area contributed by atoms with Gasteiger partial charge in [0, 0.05) is 37.9 Å². The molecule has 0 aliphatic carbocycles. The summed E-state index contributed by atoms with van der Waals surface area (Å²) in [6, 6.07) is 4.81. The molecule has 19 heavy (non-hydrogen) atoms. The van der Waals surface area contributed by atoms with Crippen molar-refractivity contribution in [3.63, 3.8) is 0 Å². The van der Waals surface area contributed by atoms with Crippen molar-refractivity contribution in [2.75, 3.05) is 20.2 Å². The van der Waals surface area contributed by atoms with Gasteiger partial charge in [-0.25, -0.2) is 4.39 Å². The number of piperidine rings is 1. The lowest BCUT2D eigenvalue weighted by molar-refractivity contribution is 0.0386. The van der Waals surface area contributed by atoms with Crippen molar-refractivity contribution in [3.8, 4) is 0 Å². The second kappa shape index (κ2) is 6.41. The Kier molecular flexibility index (Phi) is 4.85. The summed E-state index contributed by atoms with van der Waals surface area (Å²) < 4.78 is 19.1. The Morgan fingerprint density at radius 1 is 1.47 bits per heavy atom. The molecule has 1 aromatic rings. The lowest BCUT2D eigenvalue weighted by Crippen LogP contribution is -2.36. The zero-order valence-electron chi connectivity index (χ0n) is 11.1. The predicted octanol–water partition coefficient (Wildman–Crippen LogP) is 2.07. The molecule has 1 aliphatic rings. The van der Waals surface area contributed by atoms with Gasteiger partial charge in [-0.05, 0) is 31.0 Å². The minimum atomic E-state index is -0.200. The van der Waals surface area contributed by atoms with Gasteiger partial charge in [0.05, 0.1) is 6.10 Å². The molecule has 1 aliphatic heterocycles. The smallest absolute Gasteiger partial charge is 0.127 e. The molecule has 3 nitrogen and oxygen atoms in total. The van der Waals surface area contributed by atoms with Crippen LogP contribution in [-0.2, 0) is 11.3 Å². The van der Waals surface area contributed by atoms with Crippen molar-refractivity contribution in [1.82, 2.24) is 4.90 Å². The van der Waals surface area contributed by atoms with Crippen LogP contribution in [0.25, 0.3) is 0 Å². The summed E-state index contributed by atoms with van der Waals surface area (Å²) in [4.78, 5) is 2.54. The molecule has 0 atom stereocenters. The Morgan fingerprint density at radius 2 is 2.16 bits per heavy atom. The van der Waals surface area contributed by atoms with E-state index in [0.29, 0.717) is 23.2 Å². The second-order valence-electron chi connectivity index (χ2n) is 4.88. The first-order chi connectivity index (χ1) is 9.10. The van der Waals surface area contributed by atoms with Gasteiger partial charge in [0.1, 0.15) is 10.8 Å². The van der Waals surface area contributed by atoms with E-state index in [0.717, 1.165) is 31.5 Å². The molecule has 1 fully saturated rings. The highest BCUT2D eigenvalue weighted by molar-refractivity contribution is 7.80. The van der Waals surface area contributed by atoms with E-state index in [-0.39, 0.29) is 5.82 Å². The summed E-state index contributed by atoms with van der Waals surface area (Å²) >= 11 is 4.93. The van der Waals surface area contributed by atoms with Crippen LogP contribution >= 0.6 is 12.2 Å². The van der Waals surface area contributed by atoms with E-state index in [4.69, 9.17) is 22.7 Å². The van der Waals surface area contributed by atoms with Gasteiger partial charge in [-0.2, -0.15) is 0 Å². The first kappa shape index (κ1) is 14.4. The molecule has 0 bridgehead atoms. The Hall–Kier alpha value is -1.04. The molecule has 0 spiro atoms. The Morgan fingerprint density at radius 3 is 2.74 bits per heavy atom. The number of benzene rings is 1. The topological polar surface area (TPSA) is 38.5 Å². The van der Waals surface area contributed by atoms with Gasteiger partial charge in [0.15, 0.2) is 0 Å². The number of hydrogen-bond acceptors (Lipinski definition) is 3. The van der Waals surface area contributed by atoms with Gasteiger partial charge in [-0.3, -0.25) is 4.90 Å². The Balaban J connectivity index is 2.03. The van der Waals surface area contributed by atoms with Crippen LogP contribution in [-0.4, -0.2) is 36.2 Å². The maximum atomic E-state index is 13.8. The van der Waals surface area contributed by atoms with Crippen molar-refractivity contribution in [2.24, 2.45) is 5.73 Å². The summed E-state index contributed by atoms with van der Waals surface area (Å²) in [5.74, 6) is -0.200. The van der Waals surface area contributed by atoms with Crippen molar-refractivity contribution in [3.05, 3.63) is 35.1 Å². The molecule has 0 unspecified atom stereocenters. The van der Waals surface area contributed by atoms with Crippen LogP contribution in [0.15, 0.2) is 18.2 Å². The minimum Gasteiger partial charge on any atom is -0.389 e. The highest BCUT2D eigenvalue weighted by Gasteiger charge is 2.19. The number of nitrogens with two attached hydrogens (primary N) is 1. The fraction of sp³-hybridized carbons (Fsp3) is 0.500. The Labute approximate surface area is 118 Å². The molecular weight excluding hydrogens is 263 g/mol. The number of halogens is 1. The first-order valence-corrected chi connectivity index (χ1v) is 6.84. The lowest BCUT2D eigenvalue weighted by Gasteiger charge is -2.31. The van der Waals surface area contributed by atoms with E-state index >= 15 is 0 Å². The van der Waals surface area contributed by atoms with Gasteiger partial charge >= 0.3 is 0 Å². The molecule has 5 heteroatoms. The van der Waals surface area contributed by atoms with Crippen molar-refractivity contribution < 1.29 is 9.13 Å². The van der Waals surface area contributed by atoms with E-state index in [1.807, 2.05) is 0 Å². The zero-order valence-corrected chi connectivity index (χ0v) is 11.9. The van der Waals surface area contributed by atoms with Gasteiger partial charge in [0.25, 0.3) is 0 Å². The molecule has 0 amide bonds. The molecule has 0 radical (unpaired) electrons. The number of methoxy groups -OCH3 is 1. The van der Waals surface area contributed by atoms with Gasteiger partial charge < -0.3 is 10.5 Å².